The highest BCUT2D eigenvalue weighted by Gasteiger charge is 2.18. The van der Waals surface area contributed by atoms with Gasteiger partial charge in [0.2, 0.25) is 0 Å². The molecule has 0 unspecified atom stereocenters. The van der Waals surface area contributed by atoms with E-state index in [2.05, 4.69) is 10.2 Å². The van der Waals surface area contributed by atoms with Crippen molar-refractivity contribution in [2.75, 3.05) is 0 Å². The van der Waals surface area contributed by atoms with Crippen molar-refractivity contribution in [2.45, 2.75) is 0 Å². The lowest BCUT2D eigenvalue weighted by atomic mass is 10.1. The van der Waals surface area contributed by atoms with Gasteiger partial charge in [-0.15, -0.1) is 0 Å². The number of hydrogen-bond acceptors (Lipinski definition) is 6. The summed E-state index contributed by atoms with van der Waals surface area (Å²) in [6.45, 7) is 0. The van der Waals surface area contributed by atoms with E-state index >= 15 is 0 Å². The van der Waals surface area contributed by atoms with Crippen LogP contribution in [0.1, 0.15) is 0 Å². The van der Waals surface area contributed by atoms with Crippen LogP contribution in [0.15, 0.2) is 48.9 Å². The minimum absolute atomic E-state index is 0.211. The van der Waals surface area contributed by atoms with E-state index in [4.69, 9.17) is 9.84 Å². The molecule has 0 aliphatic heterocycles. The zero-order valence-electron chi connectivity index (χ0n) is 14.8. The molecule has 0 atom stereocenters. The van der Waals surface area contributed by atoms with Crippen LogP contribution < -0.4 is 4.74 Å². The topological polar surface area (TPSA) is 125 Å². The second-order valence-electron chi connectivity index (χ2n) is 6.11. The summed E-state index contributed by atoms with van der Waals surface area (Å²) in [5, 5.41) is 28.5. The van der Waals surface area contributed by atoms with E-state index in [1.165, 1.54) is 12.4 Å². The Morgan fingerprint density at radius 3 is 2.66 bits per heavy atom. The highest BCUT2D eigenvalue weighted by Crippen LogP contribution is 2.38. The summed E-state index contributed by atoms with van der Waals surface area (Å²) in [7, 11) is 1.74. The fourth-order valence-corrected chi connectivity index (χ4v) is 2.86. The lowest BCUT2D eigenvalue weighted by molar-refractivity contribution is -0.385. The lowest BCUT2D eigenvalue weighted by Gasteiger charge is -2.12. The first-order valence-electron chi connectivity index (χ1n) is 8.19. The van der Waals surface area contributed by atoms with Crippen molar-refractivity contribution in [3.8, 4) is 22.6 Å². The number of benzene rings is 2. The van der Waals surface area contributed by atoms with Crippen LogP contribution in [0.4, 0.5) is 14.9 Å². The van der Waals surface area contributed by atoms with Gasteiger partial charge in [-0.25, -0.2) is 9.18 Å². The van der Waals surface area contributed by atoms with Crippen molar-refractivity contribution in [1.29, 1.82) is 0 Å². The SMILES string of the molecule is Cn1ncc2cc(Oc3ccc([N+](=O)[O-])cc3F)c(-c3cnn(C(=O)O)c3)cc21. The highest BCUT2D eigenvalue weighted by atomic mass is 19.1. The molecule has 2 heterocycles. The van der Waals surface area contributed by atoms with Crippen LogP contribution in [-0.4, -0.2) is 35.7 Å². The zero-order chi connectivity index (χ0) is 20.7. The Kier molecular flexibility index (Phi) is 4.19. The smallest absolute Gasteiger partial charge is 0.432 e. The Hall–Kier alpha value is -4.28. The molecule has 0 amide bonds. The highest BCUT2D eigenvalue weighted by molar-refractivity contribution is 5.88. The first-order valence-corrected chi connectivity index (χ1v) is 8.19. The Bertz CT molecular complexity index is 1280. The van der Waals surface area contributed by atoms with E-state index in [0.717, 1.165) is 28.4 Å². The van der Waals surface area contributed by atoms with Crippen molar-refractivity contribution in [1.82, 2.24) is 19.6 Å². The van der Waals surface area contributed by atoms with Crippen molar-refractivity contribution in [3.63, 3.8) is 0 Å². The summed E-state index contributed by atoms with van der Waals surface area (Å²) < 4.78 is 22.4. The van der Waals surface area contributed by atoms with Crippen LogP contribution in [-0.2, 0) is 7.05 Å². The maximum atomic E-state index is 14.3. The van der Waals surface area contributed by atoms with E-state index in [1.54, 1.807) is 30.1 Å². The number of nitrogens with zero attached hydrogens (tertiary/aromatic N) is 5. The van der Waals surface area contributed by atoms with Gasteiger partial charge in [-0.05, 0) is 18.2 Å². The second kappa shape index (κ2) is 6.71. The zero-order valence-corrected chi connectivity index (χ0v) is 14.8. The van der Waals surface area contributed by atoms with Crippen LogP contribution >= 0.6 is 0 Å². The van der Waals surface area contributed by atoms with Gasteiger partial charge in [-0.1, -0.05) is 0 Å². The number of fused-ring (bicyclic) bond motifs is 1. The van der Waals surface area contributed by atoms with E-state index in [0.29, 0.717) is 16.5 Å². The number of rotatable bonds is 4. The maximum absolute atomic E-state index is 14.3. The summed E-state index contributed by atoms with van der Waals surface area (Å²) in [6, 6.07) is 6.38. The number of nitro groups is 1. The van der Waals surface area contributed by atoms with Crippen molar-refractivity contribution < 1.29 is 24.0 Å². The molecule has 10 nitrogen and oxygen atoms in total. The number of carbonyl (C=O) groups is 1. The van der Waals surface area contributed by atoms with Crippen LogP contribution in [0.2, 0.25) is 0 Å². The number of nitro benzene ring substituents is 1. The summed E-state index contributed by atoms with van der Waals surface area (Å²) in [5.74, 6) is -0.911. The van der Waals surface area contributed by atoms with Gasteiger partial charge < -0.3 is 9.84 Å². The number of hydrogen-bond donors (Lipinski definition) is 1. The Morgan fingerprint density at radius 1 is 1.21 bits per heavy atom. The number of aryl methyl sites for hydroxylation is 1. The molecule has 0 bridgehead atoms. The van der Waals surface area contributed by atoms with Crippen LogP contribution in [0.3, 0.4) is 0 Å². The molecular formula is C18H12FN5O5. The van der Waals surface area contributed by atoms with E-state index in [-0.39, 0.29) is 11.5 Å². The quantitative estimate of drug-likeness (QED) is 0.410. The summed E-state index contributed by atoms with van der Waals surface area (Å²) in [5.41, 5.74) is 1.21. The van der Waals surface area contributed by atoms with Gasteiger partial charge in [0.15, 0.2) is 11.6 Å². The third kappa shape index (κ3) is 3.25. The van der Waals surface area contributed by atoms with Gasteiger partial charge in [0.05, 0.1) is 28.9 Å². The summed E-state index contributed by atoms with van der Waals surface area (Å²) >= 11 is 0. The minimum atomic E-state index is -1.26. The molecule has 2 aromatic carbocycles. The largest absolute Gasteiger partial charge is 0.463 e. The molecule has 1 N–H and O–H groups in total. The summed E-state index contributed by atoms with van der Waals surface area (Å²) in [6.07, 6.45) is 2.96. The number of halogens is 1. The number of ether oxygens (including phenoxy) is 1. The standard InChI is InChI=1S/C18H12FN5O5/c1-22-15-6-13(11-8-21-23(9-11)18(25)26)17(4-10(15)7-20-22)29-16-3-2-12(24(27)28)5-14(16)19/h2-9H,1H3,(H,25,26). The molecule has 11 heteroatoms. The molecule has 0 spiro atoms. The van der Waals surface area contributed by atoms with Gasteiger partial charge in [0.1, 0.15) is 5.75 Å². The molecule has 0 saturated heterocycles. The first-order chi connectivity index (χ1) is 13.8. The average molecular weight is 397 g/mol. The predicted molar refractivity (Wildman–Crippen MR) is 98.5 cm³/mol. The number of carboxylic acid groups (broad SMARTS) is 1. The number of non-ortho nitro benzene ring substituents is 1. The number of aromatic nitrogens is 4. The Morgan fingerprint density at radius 2 is 2.00 bits per heavy atom. The third-order valence-corrected chi connectivity index (χ3v) is 4.28. The van der Waals surface area contributed by atoms with Crippen molar-refractivity contribution in [2.24, 2.45) is 7.05 Å². The molecular weight excluding hydrogens is 385 g/mol. The molecule has 0 saturated carbocycles. The molecule has 0 aliphatic rings. The van der Waals surface area contributed by atoms with Crippen LogP contribution in [0.5, 0.6) is 11.5 Å². The second-order valence-corrected chi connectivity index (χ2v) is 6.11. The molecule has 0 aliphatic carbocycles. The van der Waals surface area contributed by atoms with Gasteiger partial charge in [-0.2, -0.15) is 14.9 Å². The van der Waals surface area contributed by atoms with E-state index in [9.17, 15) is 19.3 Å². The Labute approximate surface area is 161 Å². The van der Waals surface area contributed by atoms with E-state index in [1.807, 2.05) is 0 Å². The average Bonchev–Trinajstić information content (AvgIpc) is 3.30. The van der Waals surface area contributed by atoms with Gasteiger partial charge in [0, 0.05) is 35.8 Å². The van der Waals surface area contributed by atoms with Gasteiger partial charge in [-0.3, -0.25) is 14.8 Å². The van der Waals surface area contributed by atoms with E-state index < -0.39 is 22.5 Å². The van der Waals surface area contributed by atoms with Crippen LogP contribution in [0, 0.1) is 15.9 Å². The first kappa shape index (κ1) is 18.1. The van der Waals surface area contributed by atoms with Gasteiger partial charge in [0.25, 0.3) is 5.69 Å². The molecule has 4 aromatic rings. The molecule has 0 fully saturated rings. The third-order valence-electron chi connectivity index (χ3n) is 4.28. The van der Waals surface area contributed by atoms with Crippen molar-refractivity contribution >= 4 is 22.7 Å². The maximum Gasteiger partial charge on any atom is 0.432 e. The lowest BCUT2D eigenvalue weighted by Crippen LogP contribution is -2.07. The van der Waals surface area contributed by atoms with Crippen LogP contribution in [0.25, 0.3) is 22.0 Å². The van der Waals surface area contributed by atoms with Crippen molar-refractivity contribution in [3.05, 3.63) is 64.9 Å². The molecule has 4 rings (SSSR count). The molecule has 29 heavy (non-hydrogen) atoms. The minimum Gasteiger partial charge on any atom is -0.463 e. The van der Waals surface area contributed by atoms with Gasteiger partial charge >= 0.3 is 6.09 Å². The fourth-order valence-electron chi connectivity index (χ4n) is 2.86. The molecule has 146 valence electrons. The molecule has 0 radical (unpaired) electrons. The normalized spacial score (nSPS) is 11.0. The summed E-state index contributed by atoms with van der Waals surface area (Å²) in [4.78, 5) is 21.2. The predicted octanol–water partition coefficient (Wildman–Crippen LogP) is 3.80. The Balaban J connectivity index is 1.84. The molecule has 2 aromatic heterocycles. The monoisotopic (exact) mass is 397 g/mol. The fraction of sp³-hybridized carbons (Fsp3) is 0.0556.